The Labute approximate surface area is 118 Å². The van der Waals surface area contributed by atoms with E-state index in [4.69, 9.17) is 4.74 Å². The van der Waals surface area contributed by atoms with Gasteiger partial charge in [0.1, 0.15) is 5.75 Å². The molecule has 0 atom stereocenters. The third kappa shape index (κ3) is 2.92. The van der Waals surface area contributed by atoms with E-state index in [1.165, 1.54) is 7.11 Å². The SMILES string of the molecule is COC(=O)CCCC(=O)N1CCc2c(OC)cccc21. The molecule has 0 aromatic heterocycles. The van der Waals surface area contributed by atoms with E-state index in [9.17, 15) is 9.59 Å². The Kier molecular flexibility index (Phi) is 4.61. The van der Waals surface area contributed by atoms with Crippen molar-refractivity contribution in [3.63, 3.8) is 0 Å². The van der Waals surface area contributed by atoms with Crippen molar-refractivity contribution in [2.24, 2.45) is 0 Å². The van der Waals surface area contributed by atoms with Gasteiger partial charge in [0.15, 0.2) is 0 Å². The molecule has 1 aromatic rings. The Hall–Kier alpha value is -2.04. The summed E-state index contributed by atoms with van der Waals surface area (Å²) in [7, 11) is 2.99. The molecule has 1 heterocycles. The number of methoxy groups -OCH3 is 2. The van der Waals surface area contributed by atoms with E-state index in [1.807, 2.05) is 18.2 Å². The molecule has 2 rings (SSSR count). The zero-order valence-electron chi connectivity index (χ0n) is 11.8. The third-order valence-electron chi connectivity index (χ3n) is 3.50. The van der Waals surface area contributed by atoms with E-state index in [1.54, 1.807) is 12.0 Å². The van der Waals surface area contributed by atoms with Gasteiger partial charge < -0.3 is 14.4 Å². The van der Waals surface area contributed by atoms with Crippen LogP contribution in [0.25, 0.3) is 0 Å². The lowest BCUT2D eigenvalue weighted by Gasteiger charge is -2.17. The van der Waals surface area contributed by atoms with Crippen molar-refractivity contribution in [1.29, 1.82) is 0 Å². The van der Waals surface area contributed by atoms with Gasteiger partial charge in [0, 0.05) is 24.9 Å². The molecule has 0 saturated carbocycles. The number of ether oxygens (including phenoxy) is 2. The number of amides is 1. The first-order chi connectivity index (χ1) is 9.67. The van der Waals surface area contributed by atoms with Crippen LogP contribution in [0.3, 0.4) is 0 Å². The van der Waals surface area contributed by atoms with Crippen LogP contribution in [0.1, 0.15) is 24.8 Å². The third-order valence-corrected chi connectivity index (χ3v) is 3.50. The molecule has 1 aromatic carbocycles. The number of carbonyl (C=O) groups excluding carboxylic acids is 2. The Morgan fingerprint density at radius 1 is 1.25 bits per heavy atom. The smallest absolute Gasteiger partial charge is 0.305 e. The highest BCUT2D eigenvalue weighted by molar-refractivity contribution is 5.96. The van der Waals surface area contributed by atoms with Crippen LogP contribution >= 0.6 is 0 Å². The predicted molar refractivity (Wildman–Crippen MR) is 74.9 cm³/mol. The highest BCUT2D eigenvalue weighted by Gasteiger charge is 2.26. The summed E-state index contributed by atoms with van der Waals surface area (Å²) in [5.41, 5.74) is 2.00. The number of esters is 1. The van der Waals surface area contributed by atoms with Crippen LogP contribution in [-0.2, 0) is 20.7 Å². The Morgan fingerprint density at radius 3 is 2.75 bits per heavy atom. The van der Waals surface area contributed by atoms with Gasteiger partial charge >= 0.3 is 5.97 Å². The summed E-state index contributed by atoms with van der Waals surface area (Å²) < 4.78 is 9.88. The van der Waals surface area contributed by atoms with Crippen molar-refractivity contribution in [1.82, 2.24) is 0 Å². The summed E-state index contributed by atoms with van der Waals surface area (Å²) in [4.78, 5) is 25.0. The lowest BCUT2D eigenvalue weighted by atomic mass is 10.1. The number of hydrogen-bond donors (Lipinski definition) is 0. The highest BCUT2D eigenvalue weighted by atomic mass is 16.5. The van der Waals surface area contributed by atoms with E-state index in [-0.39, 0.29) is 18.3 Å². The second-order valence-electron chi connectivity index (χ2n) is 4.68. The van der Waals surface area contributed by atoms with Gasteiger partial charge in [-0.3, -0.25) is 9.59 Å². The standard InChI is InChI=1S/C15H19NO4/c1-19-13-6-3-5-12-11(13)9-10-16(12)14(17)7-4-8-15(18)20-2/h3,5-6H,4,7-10H2,1-2H3. The maximum atomic E-state index is 12.2. The largest absolute Gasteiger partial charge is 0.496 e. The maximum absolute atomic E-state index is 12.2. The summed E-state index contributed by atoms with van der Waals surface area (Å²) in [6.07, 6.45) is 1.95. The highest BCUT2D eigenvalue weighted by Crippen LogP contribution is 2.35. The minimum absolute atomic E-state index is 0.0425. The summed E-state index contributed by atoms with van der Waals surface area (Å²) in [5.74, 6) is 0.592. The number of anilines is 1. The van der Waals surface area contributed by atoms with Crippen LogP contribution in [-0.4, -0.2) is 32.6 Å². The van der Waals surface area contributed by atoms with Crippen molar-refractivity contribution < 1.29 is 19.1 Å². The summed E-state index contributed by atoms with van der Waals surface area (Å²) in [5, 5.41) is 0. The molecule has 1 aliphatic heterocycles. The molecule has 1 amide bonds. The van der Waals surface area contributed by atoms with Crippen molar-refractivity contribution in [2.45, 2.75) is 25.7 Å². The summed E-state index contributed by atoms with van der Waals surface area (Å²) in [6.45, 7) is 0.673. The van der Waals surface area contributed by atoms with Crippen molar-refractivity contribution in [2.75, 3.05) is 25.7 Å². The van der Waals surface area contributed by atoms with Gasteiger partial charge in [-0.15, -0.1) is 0 Å². The molecule has 0 bridgehead atoms. The van der Waals surface area contributed by atoms with Gasteiger partial charge in [0.25, 0.3) is 0 Å². The van der Waals surface area contributed by atoms with Gasteiger partial charge in [0.05, 0.1) is 19.9 Å². The van der Waals surface area contributed by atoms with Crippen LogP contribution in [0.5, 0.6) is 5.75 Å². The first kappa shape index (κ1) is 14.4. The molecule has 5 heteroatoms. The molecule has 108 valence electrons. The molecule has 20 heavy (non-hydrogen) atoms. The van der Waals surface area contributed by atoms with E-state index < -0.39 is 0 Å². The summed E-state index contributed by atoms with van der Waals surface area (Å²) >= 11 is 0. The molecule has 0 unspecified atom stereocenters. The minimum Gasteiger partial charge on any atom is -0.496 e. The Morgan fingerprint density at radius 2 is 2.05 bits per heavy atom. The maximum Gasteiger partial charge on any atom is 0.305 e. The topological polar surface area (TPSA) is 55.8 Å². The van der Waals surface area contributed by atoms with Crippen LogP contribution in [0.4, 0.5) is 5.69 Å². The van der Waals surface area contributed by atoms with E-state index in [2.05, 4.69) is 4.74 Å². The van der Waals surface area contributed by atoms with Gasteiger partial charge in [0.2, 0.25) is 5.91 Å². The van der Waals surface area contributed by atoms with Crippen molar-refractivity contribution in [3.8, 4) is 5.75 Å². The monoisotopic (exact) mass is 277 g/mol. The fourth-order valence-corrected chi connectivity index (χ4v) is 2.47. The molecule has 0 radical (unpaired) electrons. The second kappa shape index (κ2) is 6.41. The number of carbonyl (C=O) groups is 2. The molecule has 0 fully saturated rings. The first-order valence-electron chi connectivity index (χ1n) is 6.70. The number of hydrogen-bond acceptors (Lipinski definition) is 4. The van der Waals surface area contributed by atoms with Crippen LogP contribution in [0.2, 0.25) is 0 Å². The van der Waals surface area contributed by atoms with Gasteiger partial charge in [-0.2, -0.15) is 0 Å². The van der Waals surface area contributed by atoms with Crippen molar-refractivity contribution in [3.05, 3.63) is 23.8 Å². The molecular weight excluding hydrogens is 258 g/mol. The zero-order valence-corrected chi connectivity index (χ0v) is 11.8. The number of nitrogens with zero attached hydrogens (tertiary/aromatic N) is 1. The van der Waals surface area contributed by atoms with Gasteiger partial charge in [-0.1, -0.05) is 6.07 Å². The molecule has 0 aliphatic carbocycles. The van der Waals surface area contributed by atoms with E-state index in [0.717, 1.165) is 23.4 Å². The fraction of sp³-hybridized carbons (Fsp3) is 0.467. The lowest BCUT2D eigenvalue weighted by Crippen LogP contribution is -2.28. The molecule has 0 spiro atoms. The average Bonchev–Trinajstić information content (AvgIpc) is 2.90. The molecular formula is C15H19NO4. The summed E-state index contributed by atoms with van der Waals surface area (Å²) in [6, 6.07) is 5.73. The number of fused-ring (bicyclic) bond motifs is 1. The first-order valence-corrected chi connectivity index (χ1v) is 6.70. The Bertz CT molecular complexity index is 513. The Balaban J connectivity index is 1.99. The van der Waals surface area contributed by atoms with E-state index in [0.29, 0.717) is 19.4 Å². The molecule has 5 nitrogen and oxygen atoms in total. The van der Waals surface area contributed by atoms with Gasteiger partial charge in [-0.05, 0) is 25.0 Å². The van der Waals surface area contributed by atoms with Crippen molar-refractivity contribution >= 4 is 17.6 Å². The second-order valence-corrected chi connectivity index (χ2v) is 4.68. The number of rotatable bonds is 5. The normalized spacial score (nSPS) is 13.0. The molecule has 1 aliphatic rings. The average molecular weight is 277 g/mol. The van der Waals surface area contributed by atoms with E-state index >= 15 is 0 Å². The fourth-order valence-electron chi connectivity index (χ4n) is 2.47. The number of benzene rings is 1. The van der Waals surface area contributed by atoms with Crippen LogP contribution in [0, 0.1) is 0 Å². The lowest BCUT2D eigenvalue weighted by molar-refractivity contribution is -0.140. The van der Waals surface area contributed by atoms with Gasteiger partial charge in [-0.25, -0.2) is 0 Å². The minimum atomic E-state index is -0.277. The molecule has 0 N–H and O–H groups in total. The van der Waals surface area contributed by atoms with Crippen LogP contribution < -0.4 is 9.64 Å². The molecule has 0 saturated heterocycles. The predicted octanol–water partition coefficient (Wildman–Crippen LogP) is 1.93. The quantitative estimate of drug-likeness (QED) is 0.772. The zero-order chi connectivity index (χ0) is 14.5. The van der Waals surface area contributed by atoms with Crippen LogP contribution in [0.15, 0.2) is 18.2 Å².